The topological polar surface area (TPSA) is 94.7 Å². The fourth-order valence-electron chi connectivity index (χ4n) is 5.46. The second kappa shape index (κ2) is 12.1. The summed E-state index contributed by atoms with van der Waals surface area (Å²) in [7, 11) is 0. The lowest BCUT2D eigenvalue weighted by atomic mass is 10.0. The van der Waals surface area contributed by atoms with Crippen molar-refractivity contribution in [3.63, 3.8) is 0 Å². The van der Waals surface area contributed by atoms with E-state index in [2.05, 4.69) is 62.2 Å². The van der Waals surface area contributed by atoms with Crippen LogP contribution in [-0.2, 0) is 0 Å². The van der Waals surface area contributed by atoms with Gasteiger partial charge in [-0.2, -0.15) is 5.26 Å². The van der Waals surface area contributed by atoms with E-state index in [0.29, 0.717) is 28.5 Å². The Morgan fingerprint density at radius 2 is 1.86 bits per heavy atom. The number of aromatic nitrogens is 4. The molecule has 0 radical (unpaired) electrons. The average Bonchev–Trinajstić information content (AvgIpc) is 3.52. The molecule has 2 aromatic heterocycles. The maximum absolute atomic E-state index is 13.8. The number of pyridine rings is 1. The number of nitrogens with zero attached hydrogens (tertiary/aromatic N) is 6. The number of fused-ring (bicyclic) bond motifs is 1. The van der Waals surface area contributed by atoms with E-state index in [0.717, 1.165) is 54.8 Å². The van der Waals surface area contributed by atoms with Gasteiger partial charge < -0.3 is 15.5 Å². The maximum Gasteiger partial charge on any atom is 0.141 e. The van der Waals surface area contributed by atoms with Gasteiger partial charge in [0.2, 0.25) is 0 Å². The van der Waals surface area contributed by atoms with Crippen LogP contribution >= 0.6 is 11.6 Å². The highest BCUT2D eigenvalue weighted by Gasteiger charge is 2.24. The van der Waals surface area contributed by atoms with Gasteiger partial charge in [-0.25, -0.2) is 9.07 Å². The number of anilines is 3. The second-order valence-corrected chi connectivity index (χ2v) is 10.8. The van der Waals surface area contributed by atoms with Crippen LogP contribution in [0.2, 0.25) is 5.02 Å². The first-order valence-electron chi connectivity index (χ1n) is 14.0. The zero-order chi connectivity index (χ0) is 29.1. The van der Waals surface area contributed by atoms with E-state index in [1.165, 1.54) is 18.3 Å². The van der Waals surface area contributed by atoms with Gasteiger partial charge >= 0.3 is 0 Å². The minimum atomic E-state index is -0.510. The number of likely N-dealkylation sites (tertiary alicyclic amines) is 1. The summed E-state index contributed by atoms with van der Waals surface area (Å²) >= 11 is 6.02. The van der Waals surface area contributed by atoms with Crippen molar-refractivity contribution in [1.82, 2.24) is 24.9 Å². The number of hydrogen-bond donors (Lipinski definition) is 2. The number of benzene rings is 3. The van der Waals surface area contributed by atoms with Crippen LogP contribution in [-0.4, -0.2) is 44.5 Å². The average molecular weight is 581 g/mol. The Balaban J connectivity index is 1.34. The summed E-state index contributed by atoms with van der Waals surface area (Å²) in [5.74, 6) is -0.510. The Labute approximate surface area is 248 Å². The third kappa shape index (κ3) is 5.77. The minimum Gasteiger partial charge on any atom is -0.373 e. The van der Waals surface area contributed by atoms with Crippen molar-refractivity contribution in [2.75, 3.05) is 30.3 Å². The summed E-state index contributed by atoms with van der Waals surface area (Å²) in [6.07, 6.45) is 5.68. The summed E-state index contributed by atoms with van der Waals surface area (Å²) < 4.78 is 15.8. The van der Waals surface area contributed by atoms with Crippen LogP contribution < -0.4 is 10.6 Å². The molecule has 0 spiro atoms. The Morgan fingerprint density at radius 1 is 1.07 bits per heavy atom. The molecule has 1 atom stereocenters. The van der Waals surface area contributed by atoms with E-state index in [9.17, 15) is 9.65 Å². The molecule has 1 aliphatic rings. The summed E-state index contributed by atoms with van der Waals surface area (Å²) in [5, 5.41) is 26.6. The third-order valence-corrected chi connectivity index (χ3v) is 8.11. The smallest absolute Gasteiger partial charge is 0.141 e. The number of piperidine rings is 1. The molecule has 2 N–H and O–H groups in total. The van der Waals surface area contributed by atoms with Gasteiger partial charge in [-0.3, -0.25) is 4.98 Å². The number of nitriles is 1. The van der Waals surface area contributed by atoms with Crippen LogP contribution in [0.3, 0.4) is 0 Å². The standard InChI is InChI=1S/C32H30ClFN8/c1-2-41-14-12-25(13-15-41)42-20-30(39-40-42)32(21-6-4-3-5-7-21)38-23-9-11-29-26(16-23)31(22(18-35)19-36-29)37-24-8-10-28(34)27(33)17-24/h3-11,16-17,19-20,25,32,38H,2,12-15H2,1H3,(H,36,37). The highest BCUT2D eigenvalue weighted by molar-refractivity contribution is 6.31. The van der Waals surface area contributed by atoms with Crippen molar-refractivity contribution < 1.29 is 4.39 Å². The van der Waals surface area contributed by atoms with Crippen LogP contribution in [0.5, 0.6) is 0 Å². The number of hydrogen-bond acceptors (Lipinski definition) is 7. The van der Waals surface area contributed by atoms with Crippen molar-refractivity contribution in [3.05, 3.63) is 107 Å². The van der Waals surface area contributed by atoms with Crippen molar-refractivity contribution >= 4 is 39.6 Å². The van der Waals surface area contributed by atoms with Crippen molar-refractivity contribution in [1.29, 1.82) is 5.26 Å². The SMILES string of the molecule is CCN1CCC(n2cc(C(Nc3ccc4ncc(C#N)c(Nc5ccc(F)c(Cl)c5)c4c3)c3ccccc3)nn2)CC1. The minimum absolute atomic E-state index is 0.00566. The van der Waals surface area contributed by atoms with Gasteiger partial charge in [-0.15, -0.1) is 5.10 Å². The number of halogens is 2. The maximum atomic E-state index is 13.8. The Kier molecular flexibility index (Phi) is 8.00. The summed E-state index contributed by atoms with van der Waals surface area (Å²) in [5.41, 5.74) is 4.88. The lowest BCUT2D eigenvalue weighted by Crippen LogP contribution is -2.34. The highest BCUT2D eigenvalue weighted by Crippen LogP contribution is 2.34. The van der Waals surface area contributed by atoms with Gasteiger partial charge in [0.05, 0.1) is 40.1 Å². The molecule has 8 nitrogen and oxygen atoms in total. The molecule has 1 saturated heterocycles. The highest BCUT2D eigenvalue weighted by atomic mass is 35.5. The van der Waals surface area contributed by atoms with Gasteiger partial charge in [0.25, 0.3) is 0 Å². The van der Waals surface area contributed by atoms with Crippen LogP contribution in [0.4, 0.5) is 21.5 Å². The van der Waals surface area contributed by atoms with E-state index >= 15 is 0 Å². The van der Waals surface area contributed by atoms with Crippen molar-refractivity contribution in [2.24, 2.45) is 0 Å². The van der Waals surface area contributed by atoms with Gasteiger partial charge in [-0.1, -0.05) is 54.1 Å². The lowest BCUT2D eigenvalue weighted by molar-refractivity contribution is 0.186. The first kappa shape index (κ1) is 27.6. The van der Waals surface area contributed by atoms with E-state index in [4.69, 9.17) is 11.6 Å². The first-order chi connectivity index (χ1) is 20.5. The van der Waals surface area contributed by atoms with Crippen LogP contribution in [0.1, 0.15) is 48.7 Å². The van der Waals surface area contributed by atoms with Crippen molar-refractivity contribution in [2.45, 2.75) is 31.8 Å². The Hall–Kier alpha value is -4.52. The monoisotopic (exact) mass is 580 g/mol. The molecule has 1 aliphatic heterocycles. The fraction of sp³-hybridized carbons (Fsp3) is 0.250. The van der Waals surface area contributed by atoms with Crippen LogP contribution in [0, 0.1) is 17.1 Å². The predicted molar refractivity (Wildman–Crippen MR) is 163 cm³/mol. The van der Waals surface area contributed by atoms with Gasteiger partial charge in [0, 0.05) is 36.0 Å². The molecule has 6 rings (SSSR count). The normalized spacial score (nSPS) is 14.9. The molecule has 0 bridgehead atoms. The summed E-state index contributed by atoms with van der Waals surface area (Å²) in [6, 6.07) is 22.6. The molecule has 0 amide bonds. The quantitative estimate of drug-likeness (QED) is 0.202. The Bertz CT molecular complexity index is 1740. The molecule has 1 unspecified atom stereocenters. The van der Waals surface area contributed by atoms with E-state index in [1.54, 1.807) is 6.07 Å². The number of rotatable bonds is 8. The molecule has 42 heavy (non-hydrogen) atoms. The first-order valence-corrected chi connectivity index (χ1v) is 14.4. The van der Waals surface area contributed by atoms with Crippen LogP contribution in [0.15, 0.2) is 79.1 Å². The van der Waals surface area contributed by atoms with E-state index in [-0.39, 0.29) is 11.1 Å². The fourth-order valence-corrected chi connectivity index (χ4v) is 5.64. The van der Waals surface area contributed by atoms with Crippen LogP contribution in [0.25, 0.3) is 10.9 Å². The van der Waals surface area contributed by atoms with Crippen molar-refractivity contribution in [3.8, 4) is 6.07 Å². The summed E-state index contributed by atoms with van der Waals surface area (Å²) in [4.78, 5) is 6.94. The van der Waals surface area contributed by atoms with Gasteiger partial charge in [-0.05, 0) is 61.3 Å². The molecular weight excluding hydrogens is 551 g/mol. The lowest BCUT2D eigenvalue weighted by Gasteiger charge is -2.30. The summed E-state index contributed by atoms with van der Waals surface area (Å²) in [6.45, 7) is 5.40. The Morgan fingerprint density at radius 3 is 2.60 bits per heavy atom. The number of nitrogens with one attached hydrogen (secondary N) is 2. The molecule has 0 aliphatic carbocycles. The van der Waals surface area contributed by atoms with E-state index < -0.39 is 5.82 Å². The zero-order valence-corrected chi connectivity index (χ0v) is 23.9. The molecule has 3 aromatic carbocycles. The predicted octanol–water partition coefficient (Wildman–Crippen LogP) is 7.09. The molecule has 0 saturated carbocycles. The van der Waals surface area contributed by atoms with Gasteiger partial charge in [0.15, 0.2) is 0 Å². The molecule has 10 heteroatoms. The molecule has 1 fully saturated rings. The van der Waals surface area contributed by atoms with Gasteiger partial charge in [0.1, 0.15) is 17.6 Å². The molecular formula is C32H30ClFN8. The van der Waals surface area contributed by atoms with E-state index in [1.807, 2.05) is 41.1 Å². The second-order valence-electron chi connectivity index (χ2n) is 10.4. The molecule has 212 valence electrons. The third-order valence-electron chi connectivity index (χ3n) is 7.82. The molecule has 3 heterocycles. The zero-order valence-electron chi connectivity index (χ0n) is 23.1. The molecule has 5 aromatic rings. The largest absolute Gasteiger partial charge is 0.373 e.